The van der Waals surface area contributed by atoms with Gasteiger partial charge < -0.3 is 19.3 Å². The Kier molecular flexibility index (Phi) is 14.0. The molecule has 3 atom stereocenters. The zero-order chi connectivity index (χ0) is 29.7. The second kappa shape index (κ2) is 17.1. The van der Waals surface area contributed by atoms with Crippen LogP contribution < -0.4 is 0 Å². The Bertz CT molecular complexity index is 893. The fourth-order valence-electron chi connectivity index (χ4n) is 6.95. The second-order valence-electron chi connectivity index (χ2n) is 13.6. The van der Waals surface area contributed by atoms with Crippen LogP contribution in [0.15, 0.2) is 30.3 Å². The van der Waals surface area contributed by atoms with Gasteiger partial charge in [0.15, 0.2) is 0 Å². The number of benzene rings is 1. The fraction of sp³-hybridized carbons (Fsp3) is 0.771. The summed E-state index contributed by atoms with van der Waals surface area (Å²) in [6, 6.07) is 10.9. The van der Waals surface area contributed by atoms with Gasteiger partial charge in [0, 0.05) is 46.3 Å². The van der Waals surface area contributed by atoms with Gasteiger partial charge in [-0.1, -0.05) is 68.9 Å². The molecule has 0 N–H and O–H groups in total. The summed E-state index contributed by atoms with van der Waals surface area (Å²) in [6.07, 6.45) is 13.2. The average molecular weight is 571 g/mol. The smallest absolute Gasteiger partial charge is 0.410 e. The van der Waals surface area contributed by atoms with E-state index in [0.29, 0.717) is 30.7 Å². The Morgan fingerprint density at radius 3 is 2.44 bits per heavy atom. The minimum Gasteiger partial charge on any atom is -0.444 e. The maximum absolute atomic E-state index is 13.8. The highest BCUT2D eigenvalue weighted by atomic mass is 16.6. The van der Waals surface area contributed by atoms with Crippen molar-refractivity contribution in [3.63, 3.8) is 0 Å². The van der Waals surface area contributed by atoms with Crippen LogP contribution in [0.5, 0.6) is 0 Å². The molecule has 3 rings (SSSR count). The number of piperidine rings is 1. The molecule has 41 heavy (non-hydrogen) atoms. The summed E-state index contributed by atoms with van der Waals surface area (Å²) in [5.74, 6) is 2.01. The van der Waals surface area contributed by atoms with Crippen LogP contribution in [0.3, 0.4) is 0 Å². The summed E-state index contributed by atoms with van der Waals surface area (Å²) in [5, 5.41) is 0. The van der Waals surface area contributed by atoms with Crippen molar-refractivity contribution in [3.05, 3.63) is 35.9 Å². The number of carbonyl (C=O) groups excluding carboxylic acids is 2. The van der Waals surface area contributed by atoms with Crippen LogP contribution in [0.1, 0.15) is 116 Å². The summed E-state index contributed by atoms with van der Waals surface area (Å²) in [4.78, 5) is 30.5. The van der Waals surface area contributed by atoms with Gasteiger partial charge in [-0.3, -0.25) is 4.79 Å². The number of ether oxygens (including phenoxy) is 2. The Morgan fingerprint density at radius 1 is 1.02 bits per heavy atom. The molecule has 232 valence electrons. The number of hydrogen-bond acceptors (Lipinski definition) is 4. The third-order valence-electron chi connectivity index (χ3n) is 8.96. The predicted molar refractivity (Wildman–Crippen MR) is 167 cm³/mol. The normalized spacial score (nSPS) is 19.9. The van der Waals surface area contributed by atoms with E-state index in [1.165, 1.54) is 44.1 Å². The molecule has 1 aromatic carbocycles. The molecule has 1 aliphatic heterocycles. The van der Waals surface area contributed by atoms with E-state index < -0.39 is 5.60 Å². The lowest BCUT2D eigenvalue weighted by molar-refractivity contribution is -0.134. The Balaban J connectivity index is 1.65. The SMILES string of the molecule is CCOCCCC[C@@H](c1ccccc1)[C@@H]1CCCN(C(=O)C[C@@H](CC2CCCCC2)CN(C)C(=O)OC(C)(C)C)C1. The van der Waals surface area contributed by atoms with Crippen molar-refractivity contribution in [2.75, 3.05) is 39.9 Å². The monoisotopic (exact) mass is 570 g/mol. The number of carbonyl (C=O) groups is 2. The van der Waals surface area contributed by atoms with Gasteiger partial charge in [-0.25, -0.2) is 4.79 Å². The summed E-state index contributed by atoms with van der Waals surface area (Å²) in [6.45, 7) is 11.6. The van der Waals surface area contributed by atoms with E-state index in [2.05, 4.69) is 42.2 Å². The Morgan fingerprint density at radius 2 is 1.76 bits per heavy atom. The Hall–Kier alpha value is -2.08. The van der Waals surface area contributed by atoms with E-state index in [4.69, 9.17) is 9.47 Å². The maximum Gasteiger partial charge on any atom is 0.410 e. The van der Waals surface area contributed by atoms with E-state index in [9.17, 15) is 9.59 Å². The van der Waals surface area contributed by atoms with Crippen molar-refractivity contribution < 1.29 is 19.1 Å². The number of likely N-dealkylation sites (tertiary alicyclic amines) is 1. The third kappa shape index (κ3) is 12.0. The molecular formula is C35H58N2O4. The summed E-state index contributed by atoms with van der Waals surface area (Å²) in [5.41, 5.74) is 0.874. The van der Waals surface area contributed by atoms with Crippen LogP contribution >= 0.6 is 0 Å². The molecule has 1 saturated heterocycles. The van der Waals surface area contributed by atoms with Crippen molar-refractivity contribution in [1.82, 2.24) is 9.80 Å². The van der Waals surface area contributed by atoms with Crippen molar-refractivity contribution >= 4 is 12.0 Å². The Labute approximate surface area is 250 Å². The van der Waals surface area contributed by atoms with Gasteiger partial charge in [-0.15, -0.1) is 0 Å². The molecule has 0 spiro atoms. The lowest BCUT2D eigenvalue weighted by atomic mass is 9.78. The van der Waals surface area contributed by atoms with E-state index in [1.807, 2.05) is 27.8 Å². The maximum atomic E-state index is 13.8. The largest absolute Gasteiger partial charge is 0.444 e. The van der Waals surface area contributed by atoms with E-state index >= 15 is 0 Å². The van der Waals surface area contributed by atoms with Crippen molar-refractivity contribution in [2.24, 2.45) is 17.8 Å². The van der Waals surface area contributed by atoms with Crippen LogP contribution in [-0.2, 0) is 14.3 Å². The van der Waals surface area contributed by atoms with Gasteiger partial charge in [0.2, 0.25) is 5.91 Å². The lowest BCUT2D eigenvalue weighted by Gasteiger charge is -2.38. The first-order valence-corrected chi connectivity index (χ1v) is 16.5. The van der Waals surface area contributed by atoms with Crippen LogP contribution in [0.25, 0.3) is 0 Å². The third-order valence-corrected chi connectivity index (χ3v) is 8.96. The first-order chi connectivity index (χ1) is 19.7. The van der Waals surface area contributed by atoms with E-state index in [-0.39, 0.29) is 17.9 Å². The van der Waals surface area contributed by atoms with Gasteiger partial charge in [0.25, 0.3) is 0 Å². The molecule has 2 fully saturated rings. The van der Waals surface area contributed by atoms with Crippen LogP contribution in [-0.4, -0.2) is 67.3 Å². The molecule has 1 heterocycles. The van der Waals surface area contributed by atoms with Gasteiger partial charge in [0.05, 0.1) is 0 Å². The van der Waals surface area contributed by atoms with Crippen LogP contribution in [0, 0.1) is 17.8 Å². The standard InChI is InChI=1S/C35H58N2O4/c1-6-40-23-14-13-21-32(30-18-11-8-12-19-30)31-20-15-22-37(27-31)33(38)25-29(24-28-16-9-7-10-17-28)26-36(5)34(39)41-35(2,3)4/h8,11-12,18-19,28-29,31-32H,6-7,9-10,13-17,20-27H2,1-5H3/t29-,31-,32+/m1/s1. The lowest BCUT2D eigenvalue weighted by Crippen LogP contribution is -2.43. The highest BCUT2D eigenvalue weighted by Gasteiger charge is 2.32. The van der Waals surface area contributed by atoms with Crippen molar-refractivity contribution in [2.45, 2.75) is 116 Å². The van der Waals surface area contributed by atoms with Crippen LogP contribution in [0.2, 0.25) is 0 Å². The number of rotatable bonds is 14. The number of hydrogen-bond donors (Lipinski definition) is 0. The molecule has 0 aromatic heterocycles. The van der Waals surface area contributed by atoms with Gasteiger partial charge in [0.1, 0.15) is 5.60 Å². The van der Waals surface area contributed by atoms with Crippen molar-refractivity contribution in [3.8, 4) is 0 Å². The van der Waals surface area contributed by atoms with Crippen molar-refractivity contribution in [1.29, 1.82) is 0 Å². The number of unbranched alkanes of at least 4 members (excludes halogenated alkanes) is 1. The molecular weight excluding hydrogens is 512 g/mol. The molecule has 0 unspecified atom stereocenters. The quantitative estimate of drug-likeness (QED) is 0.212. The molecule has 2 amide bonds. The zero-order valence-corrected chi connectivity index (χ0v) is 26.7. The minimum atomic E-state index is -0.527. The number of nitrogens with zero attached hydrogens (tertiary/aromatic N) is 2. The molecule has 6 nitrogen and oxygen atoms in total. The van der Waals surface area contributed by atoms with Gasteiger partial charge in [-0.05, 0) is 89.0 Å². The highest BCUT2D eigenvalue weighted by Crippen LogP contribution is 2.36. The van der Waals surface area contributed by atoms with Crippen LogP contribution in [0.4, 0.5) is 4.79 Å². The van der Waals surface area contributed by atoms with E-state index in [0.717, 1.165) is 58.4 Å². The summed E-state index contributed by atoms with van der Waals surface area (Å²) < 4.78 is 11.2. The number of amides is 2. The molecule has 2 aliphatic rings. The van der Waals surface area contributed by atoms with E-state index in [1.54, 1.807) is 4.90 Å². The summed E-state index contributed by atoms with van der Waals surface area (Å²) in [7, 11) is 1.82. The fourth-order valence-corrected chi connectivity index (χ4v) is 6.95. The minimum absolute atomic E-state index is 0.159. The first-order valence-electron chi connectivity index (χ1n) is 16.5. The topological polar surface area (TPSA) is 59.1 Å². The molecule has 1 aromatic rings. The first kappa shape index (κ1) is 33.4. The molecule has 0 bridgehead atoms. The average Bonchev–Trinajstić information content (AvgIpc) is 2.95. The molecule has 1 saturated carbocycles. The van der Waals surface area contributed by atoms with Gasteiger partial charge >= 0.3 is 6.09 Å². The summed E-state index contributed by atoms with van der Waals surface area (Å²) >= 11 is 0. The zero-order valence-electron chi connectivity index (χ0n) is 26.7. The highest BCUT2D eigenvalue weighted by molar-refractivity contribution is 5.76. The molecule has 6 heteroatoms. The predicted octanol–water partition coefficient (Wildman–Crippen LogP) is 8.06. The molecule has 1 aliphatic carbocycles. The van der Waals surface area contributed by atoms with Gasteiger partial charge in [-0.2, -0.15) is 0 Å². The second-order valence-corrected chi connectivity index (χ2v) is 13.6. The molecule has 0 radical (unpaired) electrons.